The molecule has 4 rings (SSSR count). The number of ketones is 1. The van der Waals surface area contributed by atoms with Crippen LogP contribution in [-0.4, -0.2) is 64.4 Å². The maximum absolute atomic E-state index is 13.1. The Labute approximate surface area is 189 Å². The zero-order valence-corrected chi connectivity index (χ0v) is 18.4. The maximum Gasteiger partial charge on any atom is 0.337 e. The number of hydrogen-bond donors (Lipinski definition) is 1. The van der Waals surface area contributed by atoms with E-state index in [0.29, 0.717) is 28.2 Å². The number of Topliss-reactive ketones (excluding diaryl/α,β-unsaturated/α-hetero) is 1. The fourth-order valence-corrected chi connectivity index (χ4v) is 4.09. The molecule has 1 aliphatic heterocycles. The van der Waals surface area contributed by atoms with E-state index in [1.807, 2.05) is 6.07 Å². The fraction of sp³-hybridized carbons (Fsp3) is 0.250. The highest BCUT2D eigenvalue weighted by Gasteiger charge is 2.46. The number of hydrogen-bond acceptors (Lipinski definition) is 7. The van der Waals surface area contributed by atoms with Gasteiger partial charge in [-0.15, -0.1) is 0 Å². The molecular formula is C24H23N3O6. The SMILES string of the molecule is COCCN1C(=O)C(=O)/C(=C(/O)c2c(C)nc3ccccn23)C1c1ccc(C(=O)OC)cc1. The third kappa shape index (κ3) is 3.76. The number of methoxy groups -OCH3 is 2. The Morgan fingerprint density at radius 3 is 2.52 bits per heavy atom. The molecule has 9 heteroatoms. The first-order chi connectivity index (χ1) is 15.9. The van der Waals surface area contributed by atoms with Crippen LogP contribution in [0.5, 0.6) is 0 Å². The predicted octanol–water partition coefficient (Wildman–Crippen LogP) is 2.50. The molecule has 0 spiro atoms. The largest absolute Gasteiger partial charge is 0.505 e. The average molecular weight is 449 g/mol. The number of likely N-dealkylation sites (tertiary alicyclic amines) is 1. The number of ether oxygens (including phenoxy) is 2. The number of pyridine rings is 1. The number of aliphatic hydroxyl groups excluding tert-OH is 1. The number of imidazole rings is 1. The van der Waals surface area contributed by atoms with Crippen molar-refractivity contribution < 1.29 is 29.0 Å². The summed E-state index contributed by atoms with van der Waals surface area (Å²) in [6.45, 7) is 2.08. The van der Waals surface area contributed by atoms with E-state index in [2.05, 4.69) is 4.98 Å². The molecule has 170 valence electrons. The van der Waals surface area contributed by atoms with Crippen LogP contribution >= 0.6 is 0 Å². The van der Waals surface area contributed by atoms with E-state index in [9.17, 15) is 19.5 Å². The summed E-state index contributed by atoms with van der Waals surface area (Å²) in [5.41, 5.74) is 2.30. The van der Waals surface area contributed by atoms with Gasteiger partial charge in [-0.3, -0.25) is 14.0 Å². The van der Waals surface area contributed by atoms with Crippen molar-refractivity contribution in [3.8, 4) is 0 Å². The minimum absolute atomic E-state index is 0.0457. The summed E-state index contributed by atoms with van der Waals surface area (Å²) in [5.74, 6) is -2.35. The Morgan fingerprint density at radius 2 is 1.85 bits per heavy atom. The molecule has 1 atom stereocenters. The van der Waals surface area contributed by atoms with Crippen LogP contribution in [-0.2, 0) is 19.1 Å². The van der Waals surface area contributed by atoms with E-state index >= 15 is 0 Å². The van der Waals surface area contributed by atoms with E-state index in [4.69, 9.17) is 9.47 Å². The van der Waals surface area contributed by atoms with Crippen LogP contribution in [0.4, 0.5) is 0 Å². The molecule has 1 fully saturated rings. The summed E-state index contributed by atoms with van der Waals surface area (Å²) in [5, 5.41) is 11.3. The standard InChI is InChI=1S/C24H23N3O6/c1-14-19(26-11-5-4-6-17(26)25-14)21(28)18-20(27(12-13-32-2)23(30)22(18)29)15-7-9-16(10-8-15)24(31)33-3/h4-11,20,28H,12-13H2,1-3H3/b21-18+. The summed E-state index contributed by atoms with van der Waals surface area (Å²) in [4.78, 5) is 43.7. The third-order valence-corrected chi connectivity index (χ3v) is 5.65. The number of aromatic nitrogens is 2. The van der Waals surface area contributed by atoms with Gasteiger partial charge in [0.15, 0.2) is 5.76 Å². The van der Waals surface area contributed by atoms with E-state index in [-0.39, 0.29) is 24.5 Å². The number of amides is 1. The summed E-state index contributed by atoms with van der Waals surface area (Å²) in [7, 11) is 2.78. The highest BCUT2D eigenvalue weighted by molar-refractivity contribution is 6.46. The van der Waals surface area contributed by atoms with Gasteiger partial charge < -0.3 is 19.5 Å². The molecule has 1 aromatic carbocycles. The van der Waals surface area contributed by atoms with Crippen molar-refractivity contribution in [3.05, 3.63) is 76.7 Å². The second-order valence-corrected chi connectivity index (χ2v) is 7.57. The second kappa shape index (κ2) is 8.87. The van der Waals surface area contributed by atoms with Crippen molar-refractivity contribution in [1.29, 1.82) is 0 Å². The van der Waals surface area contributed by atoms with Gasteiger partial charge >= 0.3 is 5.97 Å². The topological polar surface area (TPSA) is 110 Å². The van der Waals surface area contributed by atoms with Gasteiger partial charge in [-0.2, -0.15) is 0 Å². The minimum atomic E-state index is -0.861. The number of benzene rings is 1. The van der Waals surface area contributed by atoms with Gasteiger partial charge in [0.1, 0.15) is 11.3 Å². The number of aryl methyl sites for hydroxylation is 1. The molecule has 1 saturated heterocycles. The van der Waals surface area contributed by atoms with Gasteiger partial charge in [-0.25, -0.2) is 9.78 Å². The third-order valence-electron chi connectivity index (χ3n) is 5.65. The Morgan fingerprint density at radius 1 is 1.12 bits per heavy atom. The molecule has 0 saturated carbocycles. The summed E-state index contributed by atoms with van der Waals surface area (Å²) >= 11 is 0. The van der Waals surface area contributed by atoms with Crippen molar-refractivity contribution in [1.82, 2.24) is 14.3 Å². The molecule has 33 heavy (non-hydrogen) atoms. The van der Waals surface area contributed by atoms with Crippen LogP contribution < -0.4 is 0 Å². The predicted molar refractivity (Wildman–Crippen MR) is 119 cm³/mol. The molecule has 2 aromatic heterocycles. The highest BCUT2D eigenvalue weighted by Crippen LogP contribution is 2.39. The molecule has 0 bridgehead atoms. The second-order valence-electron chi connectivity index (χ2n) is 7.57. The molecular weight excluding hydrogens is 426 g/mol. The molecule has 3 aromatic rings. The average Bonchev–Trinajstić information content (AvgIpc) is 3.29. The van der Waals surface area contributed by atoms with Crippen LogP contribution in [0.25, 0.3) is 11.4 Å². The van der Waals surface area contributed by atoms with Crippen molar-refractivity contribution in [2.45, 2.75) is 13.0 Å². The van der Waals surface area contributed by atoms with E-state index in [1.165, 1.54) is 19.1 Å². The van der Waals surface area contributed by atoms with Crippen molar-refractivity contribution in [2.75, 3.05) is 27.4 Å². The van der Waals surface area contributed by atoms with Crippen molar-refractivity contribution >= 4 is 29.1 Å². The lowest BCUT2D eigenvalue weighted by Crippen LogP contribution is -2.32. The van der Waals surface area contributed by atoms with Gasteiger partial charge in [-0.05, 0) is 36.8 Å². The summed E-state index contributed by atoms with van der Waals surface area (Å²) < 4.78 is 11.5. The zero-order chi connectivity index (χ0) is 23.7. The molecule has 0 radical (unpaired) electrons. The van der Waals surface area contributed by atoms with Crippen molar-refractivity contribution in [2.24, 2.45) is 0 Å². The van der Waals surface area contributed by atoms with E-state index in [1.54, 1.807) is 53.9 Å². The van der Waals surface area contributed by atoms with Crippen molar-refractivity contribution in [3.63, 3.8) is 0 Å². The number of rotatable bonds is 6. The lowest BCUT2D eigenvalue weighted by molar-refractivity contribution is -0.140. The minimum Gasteiger partial charge on any atom is -0.505 e. The molecule has 1 aliphatic rings. The number of carbonyl (C=O) groups is 3. The molecule has 1 N–H and O–H groups in total. The first kappa shape index (κ1) is 22.2. The van der Waals surface area contributed by atoms with Gasteiger partial charge in [0.25, 0.3) is 11.7 Å². The lowest BCUT2D eigenvalue weighted by Gasteiger charge is -2.25. The Hall–Kier alpha value is -3.98. The first-order valence-electron chi connectivity index (χ1n) is 10.3. The number of nitrogens with zero attached hydrogens (tertiary/aromatic N) is 3. The number of carbonyl (C=O) groups excluding carboxylic acids is 3. The number of esters is 1. The monoisotopic (exact) mass is 449 g/mol. The summed E-state index contributed by atoms with van der Waals surface area (Å²) in [6.07, 6.45) is 1.73. The quantitative estimate of drug-likeness (QED) is 0.266. The normalized spacial score (nSPS) is 17.7. The van der Waals surface area contributed by atoms with Crippen LogP contribution in [0.3, 0.4) is 0 Å². The van der Waals surface area contributed by atoms with Gasteiger partial charge in [0.05, 0.1) is 36.6 Å². The van der Waals surface area contributed by atoms with E-state index in [0.717, 1.165) is 0 Å². The smallest absolute Gasteiger partial charge is 0.337 e. The maximum atomic E-state index is 13.1. The van der Waals surface area contributed by atoms with Gasteiger partial charge in [-0.1, -0.05) is 18.2 Å². The Balaban J connectivity index is 1.90. The van der Waals surface area contributed by atoms with Crippen LogP contribution in [0, 0.1) is 6.92 Å². The molecule has 1 amide bonds. The first-order valence-corrected chi connectivity index (χ1v) is 10.3. The van der Waals surface area contributed by atoms with E-state index < -0.39 is 23.7 Å². The molecule has 0 aliphatic carbocycles. The highest BCUT2D eigenvalue weighted by atomic mass is 16.5. The van der Waals surface area contributed by atoms with Crippen LogP contribution in [0.1, 0.15) is 33.4 Å². The van der Waals surface area contributed by atoms with Gasteiger partial charge in [0, 0.05) is 19.9 Å². The molecule has 1 unspecified atom stereocenters. The number of fused-ring (bicyclic) bond motifs is 1. The van der Waals surface area contributed by atoms with Crippen LogP contribution in [0.15, 0.2) is 54.2 Å². The lowest BCUT2D eigenvalue weighted by atomic mass is 9.95. The number of aliphatic hydroxyl groups is 1. The van der Waals surface area contributed by atoms with Gasteiger partial charge in [0.2, 0.25) is 0 Å². The Bertz CT molecular complexity index is 1280. The van der Waals surface area contributed by atoms with Crippen LogP contribution in [0.2, 0.25) is 0 Å². The molecule has 9 nitrogen and oxygen atoms in total. The Kier molecular flexibility index (Phi) is 5.97. The molecule has 3 heterocycles. The fourth-order valence-electron chi connectivity index (χ4n) is 4.09. The zero-order valence-electron chi connectivity index (χ0n) is 18.4. The summed E-state index contributed by atoms with van der Waals surface area (Å²) in [6, 6.07) is 10.9.